The zero-order valence-corrected chi connectivity index (χ0v) is 7.25. The molecule has 3 nitrogen and oxygen atoms in total. The molecule has 4 heteroatoms. The van der Waals surface area contributed by atoms with Gasteiger partial charge in [0.15, 0.2) is 0 Å². The SMILES string of the molecule is N/C=C/NCc1ccc(Cl)nc1. The number of halogens is 1. The highest BCUT2D eigenvalue weighted by Gasteiger charge is 1.90. The van der Waals surface area contributed by atoms with E-state index < -0.39 is 0 Å². The Morgan fingerprint density at radius 2 is 2.42 bits per heavy atom. The highest BCUT2D eigenvalue weighted by molar-refractivity contribution is 6.29. The molecule has 0 fully saturated rings. The molecule has 12 heavy (non-hydrogen) atoms. The minimum Gasteiger partial charge on any atom is -0.403 e. The van der Waals surface area contributed by atoms with Gasteiger partial charge in [-0.05, 0) is 11.6 Å². The first-order valence-corrected chi connectivity index (χ1v) is 3.91. The average molecular weight is 184 g/mol. The van der Waals surface area contributed by atoms with Crippen LogP contribution in [-0.4, -0.2) is 4.98 Å². The van der Waals surface area contributed by atoms with Gasteiger partial charge < -0.3 is 11.1 Å². The second-order valence-corrected chi connectivity index (χ2v) is 2.62. The maximum atomic E-state index is 5.61. The molecule has 0 saturated heterocycles. The summed E-state index contributed by atoms with van der Waals surface area (Å²) in [6.07, 6.45) is 4.84. The molecule has 0 aliphatic carbocycles. The van der Waals surface area contributed by atoms with Crippen LogP contribution in [-0.2, 0) is 6.54 Å². The quantitative estimate of drug-likeness (QED) is 0.694. The predicted octanol–water partition coefficient (Wildman–Crippen LogP) is 1.25. The molecule has 1 rings (SSSR count). The van der Waals surface area contributed by atoms with Crippen molar-refractivity contribution < 1.29 is 0 Å². The average Bonchev–Trinajstić information content (AvgIpc) is 2.09. The van der Waals surface area contributed by atoms with Crippen molar-refractivity contribution in [1.29, 1.82) is 0 Å². The van der Waals surface area contributed by atoms with E-state index in [4.69, 9.17) is 17.3 Å². The molecular formula is C8H10ClN3. The molecule has 64 valence electrons. The third-order valence-electron chi connectivity index (χ3n) is 1.31. The van der Waals surface area contributed by atoms with Crippen LogP contribution in [0.1, 0.15) is 5.56 Å². The number of aromatic nitrogens is 1. The summed E-state index contributed by atoms with van der Waals surface area (Å²) in [7, 11) is 0. The van der Waals surface area contributed by atoms with Gasteiger partial charge in [0, 0.05) is 25.1 Å². The van der Waals surface area contributed by atoms with Crippen LogP contribution >= 0.6 is 11.6 Å². The van der Waals surface area contributed by atoms with E-state index >= 15 is 0 Å². The number of hydrogen-bond donors (Lipinski definition) is 2. The molecule has 0 atom stereocenters. The van der Waals surface area contributed by atoms with Crippen molar-refractivity contribution in [3.8, 4) is 0 Å². The summed E-state index contributed by atoms with van der Waals surface area (Å²) >= 11 is 5.61. The van der Waals surface area contributed by atoms with Crippen molar-refractivity contribution in [2.75, 3.05) is 0 Å². The Morgan fingerprint density at radius 3 is 3.00 bits per heavy atom. The second kappa shape index (κ2) is 4.62. The lowest BCUT2D eigenvalue weighted by Gasteiger charge is -1.99. The van der Waals surface area contributed by atoms with Crippen LogP contribution in [0.5, 0.6) is 0 Å². The molecule has 0 aliphatic heterocycles. The van der Waals surface area contributed by atoms with E-state index in [1.54, 1.807) is 18.5 Å². The van der Waals surface area contributed by atoms with E-state index in [1.165, 1.54) is 6.20 Å². The van der Waals surface area contributed by atoms with Crippen molar-refractivity contribution in [2.24, 2.45) is 5.73 Å². The fraction of sp³-hybridized carbons (Fsp3) is 0.125. The number of pyridine rings is 1. The van der Waals surface area contributed by atoms with Crippen LogP contribution < -0.4 is 11.1 Å². The van der Waals surface area contributed by atoms with Gasteiger partial charge in [-0.2, -0.15) is 0 Å². The number of rotatable bonds is 3. The number of nitrogens with two attached hydrogens (primary N) is 1. The summed E-state index contributed by atoms with van der Waals surface area (Å²) in [4.78, 5) is 3.93. The molecule has 3 N–H and O–H groups in total. The van der Waals surface area contributed by atoms with Crippen molar-refractivity contribution in [2.45, 2.75) is 6.54 Å². The lowest BCUT2D eigenvalue weighted by molar-refractivity contribution is 0.861. The van der Waals surface area contributed by atoms with Gasteiger partial charge in [-0.25, -0.2) is 4.98 Å². The van der Waals surface area contributed by atoms with Crippen LogP contribution in [0.2, 0.25) is 5.15 Å². The third kappa shape index (κ3) is 2.80. The van der Waals surface area contributed by atoms with Crippen LogP contribution in [0, 0.1) is 0 Å². The topological polar surface area (TPSA) is 50.9 Å². The van der Waals surface area contributed by atoms with Gasteiger partial charge in [0.25, 0.3) is 0 Å². The number of nitrogens with one attached hydrogen (secondary N) is 1. The van der Waals surface area contributed by atoms with Crippen LogP contribution in [0.4, 0.5) is 0 Å². The van der Waals surface area contributed by atoms with Gasteiger partial charge in [-0.15, -0.1) is 0 Å². The van der Waals surface area contributed by atoms with Crippen molar-refractivity contribution in [1.82, 2.24) is 10.3 Å². The van der Waals surface area contributed by atoms with Crippen molar-refractivity contribution >= 4 is 11.6 Å². The summed E-state index contributed by atoms with van der Waals surface area (Å²) in [5, 5.41) is 3.49. The maximum Gasteiger partial charge on any atom is 0.129 e. The first-order chi connectivity index (χ1) is 5.83. The van der Waals surface area contributed by atoms with Gasteiger partial charge in [-0.1, -0.05) is 17.7 Å². The van der Waals surface area contributed by atoms with Gasteiger partial charge in [0.2, 0.25) is 0 Å². The second-order valence-electron chi connectivity index (χ2n) is 2.23. The zero-order valence-electron chi connectivity index (χ0n) is 6.50. The van der Waals surface area contributed by atoms with Crippen LogP contribution in [0.3, 0.4) is 0 Å². The molecule has 0 unspecified atom stereocenters. The Morgan fingerprint density at radius 1 is 1.58 bits per heavy atom. The molecule has 0 aromatic carbocycles. The number of hydrogen-bond acceptors (Lipinski definition) is 3. The van der Waals surface area contributed by atoms with Crippen molar-refractivity contribution in [3.05, 3.63) is 41.4 Å². The minimum atomic E-state index is 0.508. The smallest absolute Gasteiger partial charge is 0.129 e. The van der Waals surface area contributed by atoms with Crippen LogP contribution in [0.15, 0.2) is 30.7 Å². The summed E-state index contributed by atoms with van der Waals surface area (Å²) < 4.78 is 0. The molecule has 1 aromatic rings. The minimum absolute atomic E-state index is 0.508. The summed E-state index contributed by atoms with van der Waals surface area (Å²) in [5.74, 6) is 0. The molecule has 0 bridgehead atoms. The van der Waals surface area contributed by atoms with Gasteiger partial charge in [0.05, 0.1) is 0 Å². The van der Waals surface area contributed by atoms with Gasteiger partial charge in [-0.3, -0.25) is 0 Å². The lowest BCUT2D eigenvalue weighted by Crippen LogP contribution is -2.05. The summed E-state index contributed by atoms with van der Waals surface area (Å²) in [6, 6.07) is 3.66. The van der Waals surface area contributed by atoms with Gasteiger partial charge >= 0.3 is 0 Å². The van der Waals surface area contributed by atoms with Gasteiger partial charge in [0.1, 0.15) is 5.15 Å². The van der Waals surface area contributed by atoms with E-state index in [0.717, 1.165) is 5.56 Å². The molecule has 0 amide bonds. The predicted molar refractivity (Wildman–Crippen MR) is 49.4 cm³/mol. The Balaban J connectivity index is 2.47. The normalized spacial score (nSPS) is 10.4. The monoisotopic (exact) mass is 183 g/mol. The Kier molecular flexibility index (Phi) is 3.41. The van der Waals surface area contributed by atoms with Crippen molar-refractivity contribution in [3.63, 3.8) is 0 Å². The molecule has 0 spiro atoms. The maximum absolute atomic E-state index is 5.61. The summed E-state index contributed by atoms with van der Waals surface area (Å²) in [6.45, 7) is 0.706. The van der Waals surface area contributed by atoms with E-state index in [1.807, 2.05) is 6.07 Å². The fourth-order valence-corrected chi connectivity index (χ4v) is 0.868. The molecular weight excluding hydrogens is 174 g/mol. The fourth-order valence-electron chi connectivity index (χ4n) is 0.756. The number of nitrogens with zero attached hydrogens (tertiary/aromatic N) is 1. The molecule has 0 radical (unpaired) electrons. The molecule has 1 aromatic heterocycles. The highest BCUT2D eigenvalue weighted by Crippen LogP contribution is 2.04. The van der Waals surface area contributed by atoms with E-state index in [2.05, 4.69) is 10.3 Å². The third-order valence-corrected chi connectivity index (χ3v) is 1.53. The Hall–Kier alpha value is -1.22. The Labute approximate surface area is 76.2 Å². The van der Waals surface area contributed by atoms with E-state index in [9.17, 15) is 0 Å². The zero-order chi connectivity index (χ0) is 8.81. The first kappa shape index (κ1) is 8.87. The lowest BCUT2D eigenvalue weighted by atomic mass is 10.3. The summed E-state index contributed by atoms with van der Waals surface area (Å²) in [5.41, 5.74) is 6.20. The van der Waals surface area contributed by atoms with E-state index in [0.29, 0.717) is 11.7 Å². The first-order valence-electron chi connectivity index (χ1n) is 3.53. The largest absolute Gasteiger partial charge is 0.403 e. The standard InChI is InChI=1S/C8H10ClN3/c9-8-2-1-7(6-12-8)5-11-4-3-10/h1-4,6,11H,5,10H2/b4-3+. The highest BCUT2D eigenvalue weighted by atomic mass is 35.5. The van der Waals surface area contributed by atoms with E-state index in [-0.39, 0.29) is 0 Å². The van der Waals surface area contributed by atoms with Crippen LogP contribution in [0.25, 0.3) is 0 Å². The molecule has 0 aliphatic rings. The Bertz CT molecular complexity index is 256. The molecule has 1 heterocycles. The molecule has 0 saturated carbocycles.